The van der Waals surface area contributed by atoms with Gasteiger partial charge in [-0.2, -0.15) is 0 Å². The highest BCUT2D eigenvalue weighted by molar-refractivity contribution is 5.84. The van der Waals surface area contributed by atoms with E-state index < -0.39 is 0 Å². The number of phenolic OH excluding ortho intramolecular Hbond substituents is 1. The molecular formula is C25H31NO2. The largest absolute Gasteiger partial charge is 0.507 e. The van der Waals surface area contributed by atoms with E-state index >= 15 is 0 Å². The number of para-hydroxylation sites is 1. The van der Waals surface area contributed by atoms with Gasteiger partial charge < -0.3 is 9.84 Å². The van der Waals surface area contributed by atoms with Crippen molar-refractivity contribution in [3.63, 3.8) is 0 Å². The van der Waals surface area contributed by atoms with E-state index in [1.54, 1.807) is 0 Å². The summed E-state index contributed by atoms with van der Waals surface area (Å²) in [6.45, 7) is 15.1. The van der Waals surface area contributed by atoms with Crippen molar-refractivity contribution in [1.82, 2.24) is 4.98 Å². The number of benzene rings is 2. The molecule has 1 aromatic heterocycles. The molecule has 1 N–H and O–H groups in total. The number of nitrogens with zero attached hydrogens (tertiary/aromatic N) is 1. The summed E-state index contributed by atoms with van der Waals surface area (Å²) in [6.07, 6.45) is 0. The number of hydrogen-bond donors (Lipinski definition) is 1. The lowest BCUT2D eigenvalue weighted by Gasteiger charge is -2.28. The first-order valence-corrected chi connectivity index (χ1v) is 9.83. The number of phenols is 1. The number of fused-ring (bicyclic) bond motifs is 1. The minimum Gasteiger partial charge on any atom is -0.507 e. The Balaban J connectivity index is 2.00. The fourth-order valence-corrected chi connectivity index (χ4v) is 3.42. The summed E-state index contributed by atoms with van der Waals surface area (Å²) >= 11 is 0. The third kappa shape index (κ3) is 4.14. The van der Waals surface area contributed by atoms with Crippen LogP contribution in [0.2, 0.25) is 0 Å². The Labute approximate surface area is 168 Å². The molecule has 28 heavy (non-hydrogen) atoms. The van der Waals surface area contributed by atoms with E-state index in [2.05, 4.69) is 64.7 Å². The lowest BCUT2D eigenvalue weighted by atomic mass is 9.78. The Hall–Kier alpha value is -2.55. The molecule has 148 valence electrons. The van der Waals surface area contributed by atoms with E-state index in [1.165, 1.54) is 0 Å². The molecule has 0 radical (unpaired) electrons. The molecule has 0 aliphatic heterocycles. The zero-order chi connectivity index (χ0) is 20.7. The molecule has 0 atom stereocenters. The molecule has 2 aromatic carbocycles. The second-order valence-corrected chi connectivity index (χ2v) is 9.61. The first kappa shape index (κ1) is 20.2. The Morgan fingerprint density at radius 2 is 1.50 bits per heavy atom. The summed E-state index contributed by atoms with van der Waals surface area (Å²) in [5.41, 5.74) is 4.50. The summed E-state index contributed by atoms with van der Waals surface area (Å²) in [5, 5.41) is 12.0. The van der Waals surface area contributed by atoms with Gasteiger partial charge in [0.1, 0.15) is 23.6 Å². The van der Waals surface area contributed by atoms with Gasteiger partial charge in [0.15, 0.2) is 0 Å². The van der Waals surface area contributed by atoms with E-state index in [1.807, 2.05) is 31.2 Å². The van der Waals surface area contributed by atoms with Crippen molar-refractivity contribution < 1.29 is 9.84 Å². The summed E-state index contributed by atoms with van der Waals surface area (Å²) in [6, 6.07) is 14.2. The SMILES string of the molecule is Cc1ccc2cccc(OCc3cc(C(C)(C)C)c(O)c(C(C)(C)C)c3)c2n1. The number of ether oxygens (including phenoxy) is 1. The normalized spacial score (nSPS) is 12.4. The average molecular weight is 378 g/mol. The van der Waals surface area contributed by atoms with Crippen molar-refractivity contribution in [2.75, 3.05) is 0 Å². The van der Waals surface area contributed by atoms with Gasteiger partial charge >= 0.3 is 0 Å². The molecular weight excluding hydrogens is 346 g/mol. The van der Waals surface area contributed by atoms with Crippen LogP contribution in [-0.2, 0) is 17.4 Å². The summed E-state index contributed by atoms with van der Waals surface area (Å²) in [7, 11) is 0. The van der Waals surface area contributed by atoms with Crippen LogP contribution in [-0.4, -0.2) is 10.1 Å². The maximum absolute atomic E-state index is 10.9. The standard InChI is InChI=1S/C25H31NO2/c1-16-11-12-18-9-8-10-21(22(18)26-16)28-15-17-13-19(24(2,3)4)23(27)20(14-17)25(5,6)7/h8-14,27H,15H2,1-7H3. The third-order valence-electron chi connectivity index (χ3n) is 5.00. The molecule has 3 rings (SSSR count). The monoisotopic (exact) mass is 377 g/mol. The molecule has 0 fully saturated rings. The molecule has 3 nitrogen and oxygen atoms in total. The number of aromatic hydroxyl groups is 1. The average Bonchev–Trinajstić information content (AvgIpc) is 2.58. The molecule has 3 heteroatoms. The minimum absolute atomic E-state index is 0.155. The molecule has 0 unspecified atom stereocenters. The van der Waals surface area contributed by atoms with Crippen LogP contribution in [0.25, 0.3) is 10.9 Å². The Morgan fingerprint density at radius 1 is 0.893 bits per heavy atom. The third-order valence-corrected chi connectivity index (χ3v) is 5.00. The molecule has 0 saturated heterocycles. The zero-order valence-electron chi connectivity index (χ0n) is 18.1. The van der Waals surface area contributed by atoms with Gasteiger partial charge in [-0.1, -0.05) is 59.7 Å². The molecule has 0 aliphatic rings. The topological polar surface area (TPSA) is 42.4 Å². The molecule has 0 spiro atoms. The van der Waals surface area contributed by atoms with Gasteiger partial charge in [0.05, 0.1) is 0 Å². The molecule has 1 heterocycles. The van der Waals surface area contributed by atoms with Gasteiger partial charge in [0.25, 0.3) is 0 Å². The number of pyridine rings is 1. The minimum atomic E-state index is -0.155. The Bertz CT molecular complexity index is 972. The van der Waals surface area contributed by atoms with E-state index in [4.69, 9.17) is 4.74 Å². The number of hydrogen-bond acceptors (Lipinski definition) is 3. The van der Waals surface area contributed by atoms with Gasteiger partial charge in [-0.25, -0.2) is 4.98 Å². The van der Waals surface area contributed by atoms with Crippen molar-refractivity contribution in [2.45, 2.75) is 65.9 Å². The van der Waals surface area contributed by atoms with Crippen LogP contribution in [0.3, 0.4) is 0 Å². The number of rotatable bonds is 3. The smallest absolute Gasteiger partial charge is 0.146 e. The van der Waals surface area contributed by atoms with Crippen molar-refractivity contribution in [2.24, 2.45) is 0 Å². The fraction of sp³-hybridized carbons (Fsp3) is 0.400. The highest BCUT2D eigenvalue weighted by atomic mass is 16.5. The van der Waals surface area contributed by atoms with Crippen molar-refractivity contribution in [3.05, 3.63) is 64.8 Å². The van der Waals surface area contributed by atoms with Gasteiger partial charge in [0, 0.05) is 11.1 Å². The second-order valence-electron chi connectivity index (χ2n) is 9.61. The van der Waals surface area contributed by atoms with Gasteiger partial charge in [-0.15, -0.1) is 0 Å². The quantitative estimate of drug-likeness (QED) is 0.572. The van der Waals surface area contributed by atoms with Gasteiger partial charge in [-0.05, 0) is 58.7 Å². The van der Waals surface area contributed by atoms with E-state index in [0.29, 0.717) is 12.4 Å². The van der Waals surface area contributed by atoms with E-state index in [0.717, 1.165) is 39.0 Å². The van der Waals surface area contributed by atoms with Crippen LogP contribution in [0.5, 0.6) is 11.5 Å². The van der Waals surface area contributed by atoms with Gasteiger partial charge in [0.2, 0.25) is 0 Å². The maximum atomic E-state index is 10.9. The predicted octanol–water partition coefficient (Wildman–Crippen LogP) is 6.42. The molecule has 0 bridgehead atoms. The second kappa shape index (κ2) is 7.12. The fourth-order valence-electron chi connectivity index (χ4n) is 3.42. The molecule has 0 amide bonds. The highest BCUT2D eigenvalue weighted by Gasteiger charge is 2.26. The number of aromatic nitrogens is 1. The Kier molecular flexibility index (Phi) is 5.14. The summed E-state index contributed by atoms with van der Waals surface area (Å²) < 4.78 is 6.19. The van der Waals surface area contributed by atoms with Crippen LogP contribution in [0.4, 0.5) is 0 Å². The van der Waals surface area contributed by atoms with Crippen molar-refractivity contribution >= 4 is 10.9 Å². The van der Waals surface area contributed by atoms with Crippen molar-refractivity contribution in [3.8, 4) is 11.5 Å². The van der Waals surface area contributed by atoms with Crippen LogP contribution in [0.1, 0.15) is 63.9 Å². The van der Waals surface area contributed by atoms with Crippen LogP contribution < -0.4 is 4.74 Å². The van der Waals surface area contributed by atoms with Crippen molar-refractivity contribution in [1.29, 1.82) is 0 Å². The molecule has 0 saturated carbocycles. The van der Waals surface area contributed by atoms with Crippen LogP contribution in [0.15, 0.2) is 42.5 Å². The highest BCUT2D eigenvalue weighted by Crippen LogP contribution is 2.40. The Morgan fingerprint density at radius 3 is 2.07 bits per heavy atom. The molecule has 0 aliphatic carbocycles. The zero-order valence-corrected chi connectivity index (χ0v) is 18.1. The summed E-state index contributed by atoms with van der Waals surface area (Å²) in [4.78, 5) is 4.65. The lowest BCUT2D eigenvalue weighted by Crippen LogP contribution is -2.18. The predicted molar refractivity (Wildman–Crippen MR) is 116 cm³/mol. The van der Waals surface area contributed by atoms with E-state index in [-0.39, 0.29) is 10.8 Å². The van der Waals surface area contributed by atoms with Gasteiger partial charge in [-0.3, -0.25) is 0 Å². The van der Waals surface area contributed by atoms with Crippen LogP contribution >= 0.6 is 0 Å². The maximum Gasteiger partial charge on any atom is 0.146 e. The summed E-state index contributed by atoms with van der Waals surface area (Å²) in [5.74, 6) is 1.18. The van der Waals surface area contributed by atoms with E-state index in [9.17, 15) is 5.11 Å². The first-order valence-electron chi connectivity index (χ1n) is 9.83. The van der Waals surface area contributed by atoms with Crippen LogP contribution in [0, 0.1) is 6.92 Å². The lowest BCUT2D eigenvalue weighted by molar-refractivity contribution is 0.308. The first-order chi connectivity index (χ1) is 13.0. The molecule has 3 aromatic rings. The number of aryl methyl sites for hydroxylation is 1.